The second-order valence-electron chi connectivity index (χ2n) is 1.90. The molecule has 62 valence electrons. The van der Waals surface area contributed by atoms with E-state index in [1.54, 1.807) is 6.92 Å². The lowest BCUT2D eigenvalue weighted by Gasteiger charge is -2.14. The van der Waals surface area contributed by atoms with Crippen molar-refractivity contribution in [1.29, 1.82) is 0 Å². The summed E-state index contributed by atoms with van der Waals surface area (Å²) in [7, 11) is 0. The van der Waals surface area contributed by atoms with Crippen molar-refractivity contribution in [2.75, 3.05) is 13.2 Å². The largest absolute Gasteiger partial charge is 0.394 e. The van der Waals surface area contributed by atoms with E-state index in [4.69, 9.17) is 19.7 Å². The predicted octanol–water partition coefficient (Wildman–Crippen LogP) is -0.304. The molecule has 0 aromatic rings. The number of hydrogen-bond acceptors (Lipinski definition) is 4. The Balaban J connectivity index is 3.16. The Morgan fingerprint density at radius 2 is 2.00 bits per heavy atom. The van der Waals surface area contributed by atoms with E-state index >= 15 is 0 Å². The van der Waals surface area contributed by atoms with Gasteiger partial charge in [-0.15, -0.1) is 0 Å². The molecule has 0 saturated heterocycles. The molecule has 0 aliphatic carbocycles. The molecular formula is C6H14O4. The van der Waals surface area contributed by atoms with Gasteiger partial charge < -0.3 is 19.7 Å². The average molecular weight is 150 g/mol. The van der Waals surface area contributed by atoms with Crippen molar-refractivity contribution in [1.82, 2.24) is 0 Å². The molecule has 4 nitrogen and oxygen atoms in total. The molecule has 4 heteroatoms. The lowest BCUT2D eigenvalue weighted by atomic mass is 10.7. The molecule has 2 N–H and O–H groups in total. The van der Waals surface area contributed by atoms with E-state index < -0.39 is 12.6 Å². The van der Waals surface area contributed by atoms with Crippen LogP contribution < -0.4 is 0 Å². The van der Waals surface area contributed by atoms with E-state index in [9.17, 15) is 0 Å². The van der Waals surface area contributed by atoms with Gasteiger partial charge in [0.2, 0.25) is 0 Å². The number of aliphatic hydroxyl groups excluding tert-OH is 2. The Hall–Kier alpha value is -0.160. The Labute approximate surface area is 60.4 Å². The standard InChI is InChI=1S/C6H14O4/c1-5(8)10-6(2)9-4-3-7/h5-8H,3-4H2,1-2H3. The van der Waals surface area contributed by atoms with Gasteiger partial charge in [-0.1, -0.05) is 0 Å². The zero-order valence-electron chi connectivity index (χ0n) is 6.28. The van der Waals surface area contributed by atoms with E-state index in [0.717, 1.165) is 0 Å². The first-order valence-corrected chi connectivity index (χ1v) is 3.22. The molecule has 0 aromatic heterocycles. The van der Waals surface area contributed by atoms with Crippen LogP contribution in [0.5, 0.6) is 0 Å². The van der Waals surface area contributed by atoms with Crippen molar-refractivity contribution in [3.63, 3.8) is 0 Å². The van der Waals surface area contributed by atoms with Crippen LogP contribution in [0.1, 0.15) is 13.8 Å². The monoisotopic (exact) mass is 150 g/mol. The third-order valence-electron chi connectivity index (χ3n) is 0.832. The summed E-state index contributed by atoms with van der Waals surface area (Å²) in [6, 6.07) is 0. The maximum absolute atomic E-state index is 8.66. The molecular weight excluding hydrogens is 136 g/mol. The van der Waals surface area contributed by atoms with E-state index in [1.807, 2.05) is 0 Å². The van der Waals surface area contributed by atoms with E-state index in [-0.39, 0.29) is 13.2 Å². The lowest BCUT2D eigenvalue weighted by Crippen LogP contribution is -2.20. The zero-order valence-corrected chi connectivity index (χ0v) is 6.28. The first kappa shape index (κ1) is 9.84. The van der Waals surface area contributed by atoms with E-state index in [0.29, 0.717) is 0 Å². The Kier molecular flexibility index (Phi) is 5.52. The van der Waals surface area contributed by atoms with Gasteiger partial charge in [0, 0.05) is 0 Å². The normalized spacial score (nSPS) is 16.8. The molecule has 0 aliphatic heterocycles. The van der Waals surface area contributed by atoms with Crippen molar-refractivity contribution in [2.24, 2.45) is 0 Å². The summed E-state index contributed by atoms with van der Waals surface area (Å²) in [5.74, 6) is 0. The molecule has 0 radical (unpaired) electrons. The van der Waals surface area contributed by atoms with Crippen molar-refractivity contribution in [3.8, 4) is 0 Å². The molecule has 0 bridgehead atoms. The third kappa shape index (κ3) is 5.97. The number of ether oxygens (including phenoxy) is 2. The first-order valence-electron chi connectivity index (χ1n) is 3.22. The molecule has 0 aromatic carbocycles. The van der Waals surface area contributed by atoms with Gasteiger partial charge in [0.05, 0.1) is 13.2 Å². The molecule has 0 heterocycles. The number of aliphatic hydroxyl groups is 2. The van der Waals surface area contributed by atoms with Crippen molar-refractivity contribution in [3.05, 3.63) is 0 Å². The third-order valence-corrected chi connectivity index (χ3v) is 0.832. The van der Waals surface area contributed by atoms with Gasteiger partial charge in [0.25, 0.3) is 0 Å². The van der Waals surface area contributed by atoms with Gasteiger partial charge in [0.1, 0.15) is 0 Å². The molecule has 0 aliphatic rings. The first-order chi connectivity index (χ1) is 4.66. The van der Waals surface area contributed by atoms with Gasteiger partial charge in [-0.3, -0.25) is 0 Å². The Morgan fingerprint density at radius 3 is 2.40 bits per heavy atom. The Morgan fingerprint density at radius 1 is 1.40 bits per heavy atom. The van der Waals surface area contributed by atoms with Crippen LogP contribution >= 0.6 is 0 Å². The Bertz CT molecular complexity index is 74.1. The van der Waals surface area contributed by atoms with Crippen molar-refractivity contribution in [2.45, 2.75) is 26.4 Å². The van der Waals surface area contributed by atoms with Crippen molar-refractivity contribution >= 4 is 0 Å². The molecule has 0 fully saturated rings. The highest BCUT2D eigenvalue weighted by molar-refractivity contribution is 4.32. The topological polar surface area (TPSA) is 58.9 Å². The summed E-state index contributed by atoms with van der Waals surface area (Å²) in [4.78, 5) is 0. The quantitative estimate of drug-likeness (QED) is 0.528. The summed E-state index contributed by atoms with van der Waals surface area (Å²) in [5, 5.41) is 17.0. The van der Waals surface area contributed by atoms with E-state index in [1.165, 1.54) is 6.92 Å². The van der Waals surface area contributed by atoms with Crippen LogP contribution in [0.3, 0.4) is 0 Å². The minimum atomic E-state index is -0.825. The van der Waals surface area contributed by atoms with Crippen LogP contribution in [0.25, 0.3) is 0 Å². The fourth-order valence-electron chi connectivity index (χ4n) is 0.535. The second kappa shape index (κ2) is 5.61. The lowest BCUT2D eigenvalue weighted by molar-refractivity contribution is -0.215. The SMILES string of the molecule is CC(O)OC(C)OCCO. The average Bonchev–Trinajstić information content (AvgIpc) is 1.82. The van der Waals surface area contributed by atoms with Crippen LogP contribution in [0.4, 0.5) is 0 Å². The van der Waals surface area contributed by atoms with Gasteiger partial charge in [-0.05, 0) is 13.8 Å². The highest BCUT2D eigenvalue weighted by atomic mass is 16.7. The minimum absolute atomic E-state index is 0.0342. The van der Waals surface area contributed by atoms with Crippen LogP contribution in [0.15, 0.2) is 0 Å². The van der Waals surface area contributed by atoms with E-state index in [2.05, 4.69) is 0 Å². The molecule has 2 unspecified atom stereocenters. The summed E-state index contributed by atoms with van der Waals surface area (Å²) in [5.41, 5.74) is 0. The van der Waals surface area contributed by atoms with Crippen LogP contribution in [-0.2, 0) is 9.47 Å². The fraction of sp³-hybridized carbons (Fsp3) is 1.00. The van der Waals surface area contributed by atoms with Gasteiger partial charge >= 0.3 is 0 Å². The smallest absolute Gasteiger partial charge is 0.158 e. The second-order valence-corrected chi connectivity index (χ2v) is 1.90. The van der Waals surface area contributed by atoms with Crippen LogP contribution in [0.2, 0.25) is 0 Å². The molecule has 0 amide bonds. The van der Waals surface area contributed by atoms with Gasteiger partial charge in [0.15, 0.2) is 12.6 Å². The molecule has 10 heavy (non-hydrogen) atoms. The maximum atomic E-state index is 8.66. The van der Waals surface area contributed by atoms with Crippen LogP contribution in [0, 0.1) is 0 Å². The molecule has 2 atom stereocenters. The number of hydrogen-bond donors (Lipinski definition) is 2. The van der Waals surface area contributed by atoms with Gasteiger partial charge in [-0.25, -0.2) is 0 Å². The van der Waals surface area contributed by atoms with Gasteiger partial charge in [-0.2, -0.15) is 0 Å². The van der Waals surface area contributed by atoms with Crippen LogP contribution in [-0.4, -0.2) is 36.0 Å². The predicted molar refractivity (Wildman–Crippen MR) is 35.3 cm³/mol. The summed E-state index contributed by atoms with van der Waals surface area (Å²) in [6.45, 7) is 3.35. The van der Waals surface area contributed by atoms with Crippen molar-refractivity contribution < 1.29 is 19.7 Å². The fourth-order valence-corrected chi connectivity index (χ4v) is 0.535. The maximum Gasteiger partial charge on any atom is 0.158 e. The summed E-state index contributed by atoms with van der Waals surface area (Å²) < 4.78 is 9.64. The highest BCUT2D eigenvalue weighted by Gasteiger charge is 2.03. The molecule has 0 spiro atoms. The molecule has 0 saturated carbocycles. The zero-order chi connectivity index (χ0) is 7.98. The summed E-state index contributed by atoms with van der Waals surface area (Å²) >= 11 is 0. The molecule has 0 rings (SSSR count). The summed E-state index contributed by atoms with van der Waals surface area (Å²) in [6.07, 6.45) is -1.29. The number of rotatable bonds is 5. The minimum Gasteiger partial charge on any atom is -0.394 e. The highest BCUT2D eigenvalue weighted by Crippen LogP contribution is 1.95.